The summed E-state index contributed by atoms with van der Waals surface area (Å²) in [5.41, 5.74) is 3.13. The smallest absolute Gasteiger partial charge is 0.239 e. The summed E-state index contributed by atoms with van der Waals surface area (Å²) in [6.45, 7) is 0. The van der Waals surface area contributed by atoms with Crippen LogP contribution < -0.4 is 16.6 Å². The molecule has 0 aliphatic carbocycles. The first-order valence-electron chi connectivity index (χ1n) is 4.44. The lowest BCUT2D eigenvalue weighted by Crippen LogP contribution is -2.11. The summed E-state index contributed by atoms with van der Waals surface area (Å²) in [6, 6.07) is 0. The lowest BCUT2D eigenvalue weighted by molar-refractivity contribution is 0.768. The summed E-state index contributed by atoms with van der Waals surface area (Å²) < 4.78 is 1.67. The average molecular weight is 240 g/mol. The van der Waals surface area contributed by atoms with Crippen molar-refractivity contribution in [1.82, 2.24) is 19.7 Å². The lowest BCUT2D eigenvalue weighted by Gasteiger charge is -2.06. The predicted molar refractivity (Wildman–Crippen MR) is 61.3 cm³/mol. The largest absolute Gasteiger partial charge is 0.336 e. The normalized spacial score (nSPS) is 10.2. The second-order valence-electron chi connectivity index (χ2n) is 3.06. The maximum absolute atomic E-state index is 5.93. The van der Waals surface area contributed by atoms with Crippen molar-refractivity contribution in [2.24, 2.45) is 12.9 Å². The van der Waals surface area contributed by atoms with Crippen molar-refractivity contribution in [3.63, 3.8) is 0 Å². The number of anilines is 3. The Morgan fingerprint density at radius 3 is 2.88 bits per heavy atom. The Morgan fingerprint density at radius 2 is 2.25 bits per heavy atom. The number of halogens is 1. The van der Waals surface area contributed by atoms with Crippen LogP contribution in [0.15, 0.2) is 18.6 Å². The summed E-state index contributed by atoms with van der Waals surface area (Å²) in [5.74, 6) is 5.96. The van der Waals surface area contributed by atoms with Crippen LogP contribution in [0.5, 0.6) is 0 Å². The van der Waals surface area contributed by atoms with Crippen LogP contribution in [0.3, 0.4) is 0 Å². The molecule has 7 nitrogen and oxygen atoms in total. The fourth-order valence-electron chi connectivity index (χ4n) is 1.15. The molecule has 4 N–H and O–H groups in total. The third-order valence-electron chi connectivity index (χ3n) is 1.84. The van der Waals surface area contributed by atoms with Crippen LogP contribution in [0.25, 0.3) is 0 Å². The maximum Gasteiger partial charge on any atom is 0.239 e. The Morgan fingerprint density at radius 1 is 1.44 bits per heavy atom. The topological polar surface area (TPSA) is 93.7 Å². The summed E-state index contributed by atoms with van der Waals surface area (Å²) in [5, 5.41) is 7.42. The van der Waals surface area contributed by atoms with Gasteiger partial charge in [-0.25, -0.2) is 10.8 Å². The summed E-state index contributed by atoms with van der Waals surface area (Å²) in [7, 11) is 1.82. The van der Waals surface area contributed by atoms with Gasteiger partial charge in [-0.15, -0.1) is 0 Å². The van der Waals surface area contributed by atoms with Gasteiger partial charge in [0.1, 0.15) is 5.02 Å². The molecule has 2 rings (SSSR count). The highest BCUT2D eigenvalue weighted by Gasteiger charge is 2.05. The van der Waals surface area contributed by atoms with Crippen molar-refractivity contribution >= 4 is 29.1 Å². The third-order valence-corrected chi connectivity index (χ3v) is 2.12. The average Bonchev–Trinajstić information content (AvgIpc) is 2.67. The predicted octanol–water partition coefficient (Wildman–Crippen LogP) is 0.893. The van der Waals surface area contributed by atoms with Gasteiger partial charge in [0, 0.05) is 13.2 Å². The second kappa shape index (κ2) is 4.33. The van der Waals surface area contributed by atoms with Crippen molar-refractivity contribution < 1.29 is 0 Å². The van der Waals surface area contributed by atoms with Crippen molar-refractivity contribution in [1.29, 1.82) is 0 Å². The first kappa shape index (κ1) is 10.7. The zero-order valence-electron chi connectivity index (χ0n) is 8.48. The monoisotopic (exact) mass is 239 g/mol. The van der Waals surface area contributed by atoms with Gasteiger partial charge in [-0.2, -0.15) is 10.1 Å². The zero-order valence-corrected chi connectivity index (χ0v) is 9.23. The van der Waals surface area contributed by atoms with Gasteiger partial charge in [0.15, 0.2) is 5.82 Å². The Balaban J connectivity index is 2.26. The Bertz CT molecular complexity index is 495. The van der Waals surface area contributed by atoms with Crippen LogP contribution in [-0.2, 0) is 7.05 Å². The number of hydrogen-bond donors (Lipinski definition) is 3. The fraction of sp³-hybridized carbons (Fsp3) is 0.125. The molecule has 84 valence electrons. The van der Waals surface area contributed by atoms with Gasteiger partial charge in [0.05, 0.1) is 18.1 Å². The van der Waals surface area contributed by atoms with Crippen molar-refractivity contribution in [2.75, 3.05) is 10.7 Å². The number of aromatic nitrogens is 4. The summed E-state index contributed by atoms with van der Waals surface area (Å²) >= 11 is 5.93. The molecule has 16 heavy (non-hydrogen) atoms. The number of hydrogen-bond acceptors (Lipinski definition) is 6. The van der Waals surface area contributed by atoms with E-state index < -0.39 is 0 Å². The van der Waals surface area contributed by atoms with Gasteiger partial charge in [-0.05, 0) is 0 Å². The molecule has 0 aromatic carbocycles. The molecule has 2 heterocycles. The highest BCUT2D eigenvalue weighted by Crippen LogP contribution is 2.22. The van der Waals surface area contributed by atoms with E-state index in [1.807, 2.05) is 7.05 Å². The summed E-state index contributed by atoms with van der Waals surface area (Å²) in [4.78, 5) is 7.93. The molecule has 2 aromatic rings. The summed E-state index contributed by atoms with van der Waals surface area (Å²) in [6.07, 6.45) is 4.92. The third kappa shape index (κ3) is 2.20. The van der Waals surface area contributed by atoms with Crippen molar-refractivity contribution in [2.45, 2.75) is 0 Å². The minimum absolute atomic E-state index is 0.288. The first-order chi connectivity index (χ1) is 7.69. The van der Waals surface area contributed by atoms with Gasteiger partial charge >= 0.3 is 0 Å². The number of nitrogens with one attached hydrogen (secondary N) is 2. The first-order valence-corrected chi connectivity index (χ1v) is 4.81. The Labute approximate surface area is 96.6 Å². The van der Waals surface area contributed by atoms with Crippen LogP contribution in [0.1, 0.15) is 0 Å². The molecule has 0 radical (unpaired) electrons. The molecule has 0 saturated carbocycles. The Kier molecular flexibility index (Phi) is 2.88. The van der Waals surface area contributed by atoms with E-state index in [9.17, 15) is 0 Å². The minimum Gasteiger partial charge on any atom is -0.336 e. The molecule has 8 heteroatoms. The number of aryl methyl sites for hydroxylation is 1. The van der Waals surface area contributed by atoms with Crippen LogP contribution in [-0.4, -0.2) is 19.7 Å². The van der Waals surface area contributed by atoms with Gasteiger partial charge in [0.2, 0.25) is 5.95 Å². The van der Waals surface area contributed by atoms with E-state index in [0.717, 1.165) is 5.69 Å². The van der Waals surface area contributed by atoms with E-state index in [-0.39, 0.29) is 5.95 Å². The SMILES string of the molecule is Cn1cc(Nc2nc(NN)ncc2Cl)cn1. The molecule has 0 amide bonds. The van der Waals surface area contributed by atoms with Gasteiger partial charge in [0.25, 0.3) is 0 Å². The van der Waals surface area contributed by atoms with Crippen molar-refractivity contribution in [3.8, 4) is 0 Å². The van der Waals surface area contributed by atoms with Crippen molar-refractivity contribution in [3.05, 3.63) is 23.6 Å². The van der Waals surface area contributed by atoms with Crippen LogP contribution in [0.2, 0.25) is 5.02 Å². The highest BCUT2D eigenvalue weighted by atomic mass is 35.5. The molecule has 0 aliphatic rings. The van der Waals surface area contributed by atoms with Crippen LogP contribution in [0.4, 0.5) is 17.5 Å². The lowest BCUT2D eigenvalue weighted by atomic mass is 10.5. The molecule has 0 bridgehead atoms. The molecule has 0 unspecified atom stereocenters. The second-order valence-corrected chi connectivity index (χ2v) is 3.47. The quantitative estimate of drug-likeness (QED) is 0.544. The van der Waals surface area contributed by atoms with Gasteiger partial charge in [-0.3, -0.25) is 10.1 Å². The molecule has 0 aliphatic heterocycles. The molecular formula is C8H10ClN7. The Hall–Kier alpha value is -1.86. The maximum atomic E-state index is 5.93. The van der Waals surface area contributed by atoms with E-state index in [4.69, 9.17) is 17.4 Å². The number of hydrazine groups is 1. The highest BCUT2D eigenvalue weighted by molar-refractivity contribution is 6.32. The van der Waals surface area contributed by atoms with E-state index in [0.29, 0.717) is 10.8 Å². The van der Waals surface area contributed by atoms with Crippen LogP contribution >= 0.6 is 11.6 Å². The molecule has 0 atom stereocenters. The van der Waals surface area contributed by atoms with Gasteiger partial charge in [-0.1, -0.05) is 11.6 Å². The van der Waals surface area contributed by atoms with Crippen LogP contribution in [0, 0.1) is 0 Å². The number of nitrogen functional groups attached to an aromatic ring is 1. The zero-order chi connectivity index (χ0) is 11.5. The molecule has 0 saturated heterocycles. The number of rotatable bonds is 3. The molecule has 2 aromatic heterocycles. The van der Waals surface area contributed by atoms with E-state index in [2.05, 4.69) is 25.8 Å². The molecule has 0 spiro atoms. The molecular weight excluding hydrogens is 230 g/mol. The number of nitrogens with two attached hydrogens (primary N) is 1. The standard InChI is InChI=1S/C8H10ClN7/c1-16-4-5(2-12-16)13-7-6(9)3-11-8(14-7)15-10/h2-4H,10H2,1H3,(H2,11,13,14,15). The van der Waals surface area contributed by atoms with Gasteiger partial charge < -0.3 is 5.32 Å². The minimum atomic E-state index is 0.288. The number of nitrogens with zero attached hydrogens (tertiary/aromatic N) is 4. The molecule has 0 fully saturated rings. The van der Waals surface area contributed by atoms with E-state index >= 15 is 0 Å². The fourth-order valence-corrected chi connectivity index (χ4v) is 1.29. The van der Waals surface area contributed by atoms with E-state index in [1.54, 1.807) is 17.1 Å². The van der Waals surface area contributed by atoms with E-state index in [1.165, 1.54) is 6.20 Å².